The monoisotopic (exact) mass is 280 g/mol. The molecular weight excluding hydrogens is 265 g/mol. The number of hydrogen-bond donors (Lipinski definition) is 1. The second-order valence-electron chi connectivity index (χ2n) is 4.65. The fourth-order valence-corrected chi connectivity index (χ4v) is 2.05. The van der Waals surface area contributed by atoms with E-state index in [-0.39, 0.29) is 6.04 Å². The van der Waals surface area contributed by atoms with Crippen LogP contribution in [0.2, 0.25) is 0 Å². The molecule has 20 heavy (non-hydrogen) atoms. The Balaban J connectivity index is 2.13. The van der Waals surface area contributed by atoms with Crippen LogP contribution in [-0.2, 0) is 6.18 Å². The largest absolute Gasteiger partial charge is 0.433 e. The quantitative estimate of drug-likeness (QED) is 0.890. The third-order valence-electron chi connectivity index (χ3n) is 3.09. The molecule has 5 heteroatoms. The second-order valence-corrected chi connectivity index (χ2v) is 4.65. The maximum absolute atomic E-state index is 12.4. The molecule has 1 N–H and O–H groups in total. The van der Waals surface area contributed by atoms with Crippen LogP contribution >= 0.6 is 0 Å². The smallest absolute Gasteiger partial charge is 0.377 e. The average Bonchev–Trinajstić information content (AvgIpc) is 2.38. The number of alkyl halides is 3. The normalized spacial score (nSPS) is 13.1. The highest BCUT2D eigenvalue weighted by Crippen LogP contribution is 2.28. The van der Waals surface area contributed by atoms with Crippen LogP contribution in [0.5, 0.6) is 0 Å². The average molecular weight is 280 g/mol. The Morgan fingerprint density at radius 2 is 1.80 bits per heavy atom. The predicted octanol–water partition coefficient (Wildman–Crippen LogP) is 4.58. The van der Waals surface area contributed by atoms with E-state index in [0.717, 1.165) is 17.2 Å². The number of pyridine rings is 1. The predicted molar refractivity (Wildman–Crippen MR) is 72.5 cm³/mol. The number of halogens is 3. The summed E-state index contributed by atoms with van der Waals surface area (Å²) in [5.74, 6) is 0. The molecule has 0 radical (unpaired) electrons. The van der Waals surface area contributed by atoms with E-state index in [1.54, 1.807) is 0 Å². The Bertz CT molecular complexity index is 576. The number of nitrogens with zero attached hydrogens (tertiary/aromatic N) is 1. The van der Waals surface area contributed by atoms with Crippen molar-refractivity contribution in [2.45, 2.75) is 26.1 Å². The molecular formula is C15H15F3N2. The van der Waals surface area contributed by atoms with Gasteiger partial charge in [0.15, 0.2) is 0 Å². The minimum absolute atomic E-state index is 0.00487. The fourth-order valence-electron chi connectivity index (χ4n) is 2.05. The van der Waals surface area contributed by atoms with Crippen molar-refractivity contribution < 1.29 is 13.2 Å². The molecule has 0 spiro atoms. The van der Waals surface area contributed by atoms with Crippen LogP contribution in [0.4, 0.5) is 18.9 Å². The van der Waals surface area contributed by atoms with Gasteiger partial charge in [0.2, 0.25) is 0 Å². The summed E-state index contributed by atoms with van der Waals surface area (Å²) in [6.07, 6.45) is -3.20. The molecule has 1 aromatic heterocycles. The minimum Gasteiger partial charge on any atom is -0.377 e. The standard InChI is InChI=1S/C15H15F3N2/c1-10-5-3-4-6-13(10)11(2)20-12-7-8-14(19-9-12)15(16,17)18/h3-9,11,20H,1-2H3. The van der Waals surface area contributed by atoms with Gasteiger partial charge in [0, 0.05) is 6.04 Å². The van der Waals surface area contributed by atoms with Crippen LogP contribution in [0.3, 0.4) is 0 Å². The highest BCUT2D eigenvalue weighted by atomic mass is 19.4. The molecule has 1 aromatic carbocycles. The van der Waals surface area contributed by atoms with Gasteiger partial charge in [0.05, 0.1) is 11.9 Å². The lowest BCUT2D eigenvalue weighted by Crippen LogP contribution is -2.10. The van der Waals surface area contributed by atoms with Crippen LogP contribution in [0, 0.1) is 6.92 Å². The Morgan fingerprint density at radius 1 is 1.10 bits per heavy atom. The zero-order valence-corrected chi connectivity index (χ0v) is 11.2. The van der Waals surface area contributed by atoms with Crippen LogP contribution in [0.15, 0.2) is 42.6 Å². The van der Waals surface area contributed by atoms with Crippen molar-refractivity contribution >= 4 is 5.69 Å². The van der Waals surface area contributed by atoms with Crippen molar-refractivity contribution in [1.82, 2.24) is 4.98 Å². The molecule has 0 fully saturated rings. The number of aryl methyl sites for hydroxylation is 1. The van der Waals surface area contributed by atoms with Gasteiger partial charge in [-0.2, -0.15) is 13.2 Å². The number of anilines is 1. The summed E-state index contributed by atoms with van der Waals surface area (Å²) in [5, 5.41) is 3.15. The van der Waals surface area contributed by atoms with Gasteiger partial charge < -0.3 is 5.32 Å². The van der Waals surface area contributed by atoms with E-state index in [0.29, 0.717) is 5.69 Å². The molecule has 1 atom stereocenters. The zero-order chi connectivity index (χ0) is 14.8. The van der Waals surface area contributed by atoms with Crippen LogP contribution in [0.25, 0.3) is 0 Å². The lowest BCUT2D eigenvalue weighted by molar-refractivity contribution is -0.141. The van der Waals surface area contributed by atoms with E-state index in [1.807, 2.05) is 38.1 Å². The molecule has 0 saturated heterocycles. The third-order valence-corrected chi connectivity index (χ3v) is 3.09. The van der Waals surface area contributed by atoms with E-state index in [1.165, 1.54) is 12.3 Å². The molecule has 2 nitrogen and oxygen atoms in total. The summed E-state index contributed by atoms with van der Waals surface area (Å²) < 4.78 is 37.3. The number of rotatable bonds is 3. The van der Waals surface area contributed by atoms with Gasteiger partial charge in [-0.25, -0.2) is 4.98 Å². The summed E-state index contributed by atoms with van der Waals surface area (Å²) in [4.78, 5) is 3.43. The van der Waals surface area contributed by atoms with Gasteiger partial charge in [-0.15, -0.1) is 0 Å². The van der Waals surface area contributed by atoms with Gasteiger partial charge in [-0.05, 0) is 37.1 Å². The Labute approximate surface area is 115 Å². The second kappa shape index (κ2) is 5.53. The zero-order valence-electron chi connectivity index (χ0n) is 11.2. The topological polar surface area (TPSA) is 24.9 Å². The molecule has 1 heterocycles. The number of nitrogens with one attached hydrogen (secondary N) is 1. The molecule has 1 unspecified atom stereocenters. The summed E-state index contributed by atoms with van der Waals surface area (Å²) in [6.45, 7) is 3.96. The fraction of sp³-hybridized carbons (Fsp3) is 0.267. The van der Waals surface area contributed by atoms with Crippen LogP contribution in [0.1, 0.15) is 29.8 Å². The molecule has 2 aromatic rings. The molecule has 0 aliphatic heterocycles. The molecule has 106 valence electrons. The van der Waals surface area contributed by atoms with Crippen molar-refractivity contribution in [3.05, 3.63) is 59.4 Å². The Morgan fingerprint density at radius 3 is 2.35 bits per heavy atom. The van der Waals surface area contributed by atoms with E-state index in [4.69, 9.17) is 0 Å². The molecule has 2 rings (SSSR count). The molecule has 0 aliphatic carbocycles. The lowest BCUT2D eigenvalue weighted by atomic mass is 10.0. The van der Waals surface area contributed by atoms with Crippen LogP contribution < -0.4 is 5.32 Å². The van der Waals surface area contributed by atoms with E-state index in [2.05, 4.69) is 10.3 Å². The first-order valence-corrected chi connectivity index (χ1v) is 6.23. The minimum atomic E-state index is -4.40. The summed E-state index contributed by atoms with van der Waals surface area (Å²) >= 11 is 0. The van der Waals surface area contributed by atoms with Crippen molar-refractivity contribution in [1.29, 1.82) is 0 Å². The summed E-state index contributed by atoms with van der Waals surface area (Å²) in [5.41, 5.74) is 1.92. The van der Waals surface area contributed by atoms with Crippen molar-refractivity contribution in [2.75, 3.05) is 5.32 Å². The molecule has 0 amide bonds. The number of aromatic nitrogens is 1. The highest BCUT2D eigenvalue weighted by Gasteiger charge is 2.32. The first kappa shape index (κ1) is 14.4. The molecule has 0 saturated carbocycles. The highest BCUT2D eigenvalue weighted by molar-refractivity contribution is 5.45. The van der Waals surface area contributed by atoms with E-state index >= 15 is 0 Å². The van der Waals surface area contributed by atoms with Gasteiger partial charge in [0.25, 0.3) is 0 Å². The van der Waals surface area contributed by atoms with Crippen molar-refractivity contribution in [2.24, 2.45) is 0 Å². The van der Waals surface area contributed by atoms with E-state index < -0.39 is 11.9 Å². The van der Waals surface area contributed by atoms with Gasteiger partial charge in [-0.1, -0.05) is 24.3 Å². The lowest BCUT2D eigenvalue weighted by Gasteiger charge is -2.18. The number of hydrogen-bond acceptors (Lipinski definition) is 2. The molecule has 0 aliphatic rings. The van der Waals surface area contributed by atoms with Crippen molar-refractivity contribution in [3.63, 3.8) is 0 Å². The maximum atomic E-state index is 12.4. The molecule has 0 bridgehead atoms. The Kier molecular flexibility index (Phi) is 3.97. The Hall–Kier alpha value is -2.04. The van der Waals surface area contributed by atoms with E-state index in [9.17, 15) is 13.2 Å². The first-order chi connectivity index (χ1) is 9.38. The first-order valence-electron chi connectivity index (χ1n) is 6.23. The third kappa shape index (κ3) is 3.29. The summed E-state index contributed by atoms with van der Waals surface area (Å²) in [6, 6.07) is 10.2. The summed E-state index contributed by atoms with van der Waals surface area (Å²) in [7, 11) is 0. The van der Waals surface area contributed by atoms with Gasteiger partial charge >= 0.3 is 6.18 Å². The SMILES string of the molecule is Cc1ccccc1C(C)Nc1ccc(C(F)(F)F)nc1. The maximum Gasteiger partial charge on any atom is 0.433 e. The number of benzene rings is 1. The van der Waals surface area contributed by atoms with Crippen molar-refractivity contribution in [3.8, 4) is 0 Å². The van der Waals surface area contributed by atoms with Gasteiger partial charge in [0.1, 0.15) is 5.69 Å². The van der Waals surface area contributed by atoms with Crippen LogP contribution in [-0.4, -0.2) is 4.98 Å². The van der Waals surface area contributed by atoms with Gasteiger partial charge in [-0.3, -0.25) is 0 Å².